The lowest BCUT2D eigenvalue weighted by molar-refractivity contribution is -0.138. The van der Waals surface area contributed by atoms with E-state index in [-0.39, 0.29) is 12.6 Å². The van der Waals surface area contributed by atoms with Crippen LogP contribution in [0.15, 0.2) is 22.5 Å². The molecule has 0 bridgehead atoms. The number of rotatable bonds is 5. The summed E-state index contributed by atoms with van der Waals surface area (Å²) in [5.74, 6) is 0.254. The van der Waals surface area contributed by atoms with Crippen LogP contribution in [-0.4, -0.2) is 40.4 Å². The Labute approximate surface area is 138 Å². The van der Waals surface area contributed by atoms with Gasteiger partial charge in [-0.1, -0.05) is 11.8 Å². The number of esters is 1. The van der Waals surface area contributed by atoms with Crippen LogP contribution in [0.5, 0.6) is 0 Å². The zero-order valence-corrected chi connectivity index (χ0v) is 14.0. The molecule has 2 amide bonds. The summed E-state index contributed by atoms with van der Waals surface area (Å²) >= 11 is 1.29. The van der Waals surface area contributed by atoms with E-state index < -0.39 is 12.0 Å². The van der Waals surface area contributed by atoms with Crippen LogP contribution in [0.2, 0.25) is 0 Å². The number of urea groups is 1. The molecule has 1 aliphatic heterocycles. The van der Waals surface area contributed by atoms with Gasteiger partial charge in [0, 0.05) is 23.2 Å². The fourth-order valence-electron chi connectivity index (χ4n) is 2.16. The van der Waals surface area contributed by atoms with E-state index in [4.69, 9.17) is 10.5 Å². The molecule has 0 spiro atoms. The molecule has 1 aromatic heterocycles. The number of aryl methyl sites for hydroxylation is 1. The predicted octanol–water partition coefficient (Wildman–Crippen LogP) is 0.978. The second kappa shape index (κ2) is 7.32. The van der Waals surface area contributed by atoms with E-state index in [2.05, 4.69) is 20.6 Å². The van der Waals surface area contributed by atoms with Gasteiger partial charge in [-0.25, -0.2) is 19.6 Å². The van der Waals surface area contributed by atoms with Crippen LogP contribution in [-0.2, 0) is 9.53 Å². The van der Waals surface area contributed by atoms with E-state index in [0.29, 0.717) is 28.0 Å². The number of carbonyl (C=O) groups is 2. The molecule has 1 aliphatic rings. The summed E-state index contributed by atoms with van der Waals surface area (Å²) in [4.78, 5) is 32.2. The van der Waals surface area contributed by atoms with Gasteiger partial charge in [-0.2, -0.15) is 0 Å². The normalized spacial score (nSPS) is 17.5. The smallest absolute Gasteiger partial charge is 0.337 e. The number of nitrogens with zero attached hydrogens (tertiary/aromatic N) is 2. The molecule has 9 heteroatoms. The number of hydrogen-bond donors (Lipinski definition) is 3. The molecular formula is C14H19N5O3S. The van der Waals surface area contributed by atoms with Gasteiger partial charge in [-0.3, -0.25) is 0 Å². The van der Waals surface area contributed by atoms with Gasteiger partial charge in [0.2, 0.25) is 0 Å². The van der Waals surface area contributed by atoms with Crippen LogP contribution in [0.3, 0.4) is 0 Å². The highest BCUT2D eigenvalue weighted by Crippen LogP contribution is 2.22. The molecule has 23 heavy (non-hydrogen) atoms. The van der Waals surface area contributed by atoms with Crippen LogP contribution in [0.4, 0.5) is 10.6 Å². The Bertz CT molecular complexity index is 642. The Morgan fingerprint density at radius 3 is 2.87 bits per heavy atom. The molecule has 124 valence electrons. The van der Waals surface area contributed by atoms with Crippen molar-refractivity contribution in [2.75, 3.05) is 18.1 Å². The van der Waals surface area contributed by atoms with E-state index in [1.54, 1.807) is 19.9 Å². The average molecular weight is 337 g/mol. The van der Waals surface area contributed by atoms with Crippen LogP contribution in [0, 0.1) is 6.92 Å². The van der Waals surface area contributed by atoms with Crippen LogP contribution >= 0.6 is 11.8 Å². The monoisotopic (exact) mass is 337 g/mol. The third kappa shape index (κ3) is 4.35. The number of ether oxygens (including phenoxy) is 1. The number of nitrogens with one attached hydrogen (secondary N) is 2. The Hall–Kier alpha value is -2.29. The fraction of sp³-hybridized carbons (Fsp3) is 0.429. The molecular weight excluding hydrogens is 318 g/mol. The van der Waals surface area contributed by atoms with E-state index in [0.717, 1.165) is 5.69 Å². The molecule has 0 fully saturated rings. The maximum absolute atomic E-state index is 12.1. The molecule has 0 saturated carbocycles. The summed E-state index contributed by atoms with van der Waals surface area (Å²) in [6, 6.07) is 0.884. The largest absolute Gasteiger partial charge is 0.463 e. The Kier molecular flexibility index (Phi) is 5.43. The number of aromatic nitrogens is 2. The van der Waals surface area contributed by atoms with Crippen LogP contribution < -0.4 is 16.4 Å². The molecule has 8 nitrogen and oxygen atoms in total. The van der Waals surface area contributed by atoms with Crippen molar-refractivity contribution < 1.29 is 14.3 Å². The first-order valence-electron chi connectivity index (χ1n) is 7.12. The minimum atomic E-state index is -0.451. The van der Waals surface area contributed by atoms with Gasteiger partial charge in [0.05, 0.1) is 18.2 Å². The van der Waals surface area contributed by atoms with E-state index >= 15 is 0 Å². The fourth-order valence-corrected chi connectivity index (χ4v) is 3.04. The summed E-state index contributed by atoms with van der Waals surface area (Å²) < 4.78 is 5.06. The van der Waals surface area contributed by atoms with E-state index in [1.165, 1.54) is 11.8 Å². The average Bonchev–Trinajstić information content (AvgIpc) is 2.43. The first-order chi connectivity index (χ1) is 10.9. The Balaban J connectivity index is 2.22. The topological polar surface area (TPSA) is 119 Å². The molecule has 1 aromatic rings. The highest BCUT2D eigenvalue weighted by molar-refractivity contribution is 7.99. The second-order valence-corrected chi connectivity index (χ2v) is 5.88. The number of nitrogens with two attached hydrogens (primary N) is 1. The van der Waals surface area contributed by atoms with Gasteiger partial charge < -0.3 is 21.1 Å². The summed E-state index contributed by atoms with van der Waals surface area (Å²) in [7, 11) is 0. The molecule has 2 heterocycles. The molecule has 2 rings (SSSR count). The third-order valence-electron chi connectivity index (χ3n) is 3.06. The lowest BCUT2D eigenvalue weighted by Crippen LogP contribution is -2.49. The standard InChI is InChI=1S/C14H19N5O3S/c1-4-22-12(20)11-8(3)17-13(21)18-9(11)6-23-14-16-7(2)5-10(15)19-14/h5,8H,4,6H2,1-3H3,(H2,15,16,19)(H2,17,18,21). The minimum Gasteiger partial charge on any atom is -0.463 e. The lowest BCUT2D eigenvalue weighted by atomic mass is 10.1. The van der Waals surface area contributed by atoms with E-state index in [1.807, 2.05) is 6.92 Å². The van der Waals surface area contributed by atoms with Crippen molar-refractivity contribution in [1.82, 2.24) is 20.6 Å². The first-order valence-corrected chi connectivity index (χ1v) is 8.11. The van der Waals surface area contributed by atoms with Gasteiger partial charge in [-0.05, 0) is 20.8 Å². The van der Waals surface area contributed by atoms with Gasteiger partial charge in [0.15, 0.2) is 5.16 Å². The molecule has 4 N–H and O–H groups in total. The van der Waals surface area contributed by atoms with Gasteiger partial charge in [0.1, 0.15) is 5.82 Å². The summed E-state index contributed by atoms with van der Waals surface area (Å²) in [6.45, 7) is 5.55. The number of nitrogen functional groups attached to an aromatic ring is 1. The third-order valence-corrected chi connectivity index (χ3v) is 3.94. The molecule has 0 aromatic carbocycles. The van der Waals surface area contributed by atoms with Crippen LogP contribution in [0.25, 0.3) is 0 Å². The second-order valence-electron chi connectivity index (χ2n) is 4.94. The van der Waals surface area contributed by atoms with Crippen molar-refractivity contribution in [2.24, 2.45) is 0 Å². The molecule has 0 aliphatic carbocycles. The zero-order valence-electron chi connectivity index (χ0n) is 13.2. The maximum atomic E-state index is 12.1. The SMILES string of the molecule is CCOC(=O)C1=C(CSc2nc(C)cc(N)n2)NC(=O)NC1C. The summed E-state index contributed by atoms with van der Waals surface area (Å²) in [6.07, 6.45) is 0. The molecule has 0 saturated heterocycles. The van der Waals surface area contributed by atoms with Crippen molar-refractivity contribution in [3.05, 3.63) is 23.0 Å². The number of carbonyl (C=O) groups excluding carboxylic acids is 2. The van der Waals surface area contributed by atoms with Gasteiger partial charge >= 0.3 is 12.0 Å². The Morgan fingerprint density at radius 1 is 1.48 bits per heavy atom. The van der Waals surface area contributed by atoms with Crippen molar-refractivity contribution in [1.29, 1.82) is 0 Å². The number of amides is 2. The molecule has 1 atom stereocenters. The summed E-state index contributed by atoms with van der Waals surface area (Å²) in [5.41, 5.74) is 7.35. The van der Waals surface area contributed by atoms with Crippen LogP contribution in [0.1, 0.15) is 19.5 Å². The number of hydrogen-bond acceptors (Lipinski definition) is 7. The van der Waals surface area contributed by atoms with Crippen molar-refractivity contribution in [2.45, 2.75) is 32.0 Å². The Morgan fingerprint density at radius 2 is 2.22 bits per heavy atom. The molecule has 1 unspecified atom stereocenters. The van der Waals surface area contributed by atoms with Crippen molar-refractivity contribution >= 4 is 29.6 Å². The number of anilines is 1. The number of thioether (sulfide) groups is 1. The van der Waals surface area contributed by atoms with Gasteiger partial charge in [-0.15, -0.1) is 0 Å². The maximum Gasteiger partial charge on any atom is 0.337 e. The van der Waals surface area contributed by atoms with Crippen molar-refractivity contribution in [3.63, 3.8) is 0 Å². The predicted molar refractivity (Wildman–Crippen MR) is 86.7 cm³/mol. The highest BCUT2D eigenvalue weighted by Gasteiger charge is 2.29. The quantitative estimate of drug-likeness (QED) is 0.416. The summed E-state index contributed by atoms with van der Waals surface area (Å²) in [5, 5.41) is 5.79. The molecule has 0 radical (unpaired) electrons. The lowest BCUT2D eigenvalue weighted by Gasteiger charge is -2.26. The first kappa shape index (κ1) is 17.1. The minimum absolute atomic E-state index is 0.265. The van der Waals surface area contributed by atoms with E-state index in [9.17, 15) is 9.59 Å². The highest BCUT2D eigenvalue weighted by atomic mass is 32.2. The van der Waals surface area contributed by atoms with Crippen molar-refractivity contribution in [3.8, 4) is 0 Å². The van der Waals surface area contributed by atoms with Gasteiger partial charge in [0.25, 0.3) is 0 Å². The zero-order chi connectivity index (χ0) is 17.0.